The number of hydrogen-bond donors (Lipinski definition) is 0. The molecule has 55 heavy (non-hydrogen) atoms. The largest absolute Gasteiger partial charge is 0.0714 e. The zero-order valence-electron chi connectivity index (χ0n) is 30.3. The van der Waals surface area contributed by atoms with Gasteiger partial charge >= 0.3 is 0 Å². The Labute approximate surface area is 321 Å². The average Bonchev–Trinajstić information content (AvgIpc) is 3.57. The van der Waals surface area contributed by atoms with E-state index in [2.05, 4.69) is 218 Å². The first-order valence-electron chi connectivity index (χ1n) is 19.2. The SMILES string of the molecule is c1ccc(-c2ccc(-c3ccc4c(c3)C(c3ccccc3)(c3ccccc3)c3cc(-c5ccc6ccccc6c5)c5ccccc5c3-4)c3ccccc23)cc1. The van der Waals surface area contributed by atoms with Crippen LogP contribution in [0.5, 0.6) is 0 Å². The first-order chi connectivity index (χ1) is 27.3. The summed E-state index contributed by atoms with van der Waals surface area (Å²) in [5, 5.41) is 7.57. The molecular weight excluding hydrogens is 661 g/mol. The highest BCUT2D eigenvalue weighted by Crippen LogP contribution is 2.59. The standard InChI is InChI=1S/C55H36/c1-4-17-38(18-5-1)44-32-33-45(47-25-13-12-24-46(44)47)41-30-31-50-52(35-41)55(42-20-6-2-7-21-42,43-22-8-3-9-23-43)53-36-51(48-26-14-15-27-49(48)54(50)53)40-29-28-37-16-10-11-19-39(37)34-40/h1-36H. The van der Waals surface area contributed by atoms with Crippen LogP contribution in [0.2, 0.25) is 0 Å². The highest BCUT2D eigenvalue weighted by molar-refractivity contribution is 6.11. The van der Waals surface area contributed by atoms with Crippen molar-refractivity contribution in [1.82, 2.24) is 0 Å². The van der Waals surface area contributed by atoms with E-state index in [0.29, 0.717) is 0 Å². The van der Waals surface area contributed by atoms with Gasteiger partial charge in [0, 0.05) is 0 Å². The van der Waals surface area contributed by atoms with E-state index < -0.39 is 5.41 Å². The number of rotatable bonds is 5. The van der Waals surface area contributed by atoms with Gasteiger partial charge in [0.15, 0.2) is 0 Å². The predicted molar refractivity (Wildman–Crippen MR) is 233 cm³/mol. The molecule has 0 N–H and O–H groups in total. The lowest BCUT2D eigenvalue weighted by molar-refractivity contribution is 0.769. The van der Waals surface area contributed by atoms with Gasteiger partial charge in [-0.15, -0.1) is 0 Å². The first-order valence-corrected chi connectivity index (χ1v) is 19.2. The molecule has 1 aliphatic carbocycles. The maximum Gasteiger partial charge on any atom is 0.0714 e. The van der Waals surface area contributed by atoms with Crippen LogP contribution in [0, 0.1) is 0 Å². The van der Waals surface area contributed by atoms with Crippen LogP contribution in [0.4, 0.5) is 0 Å². The smallest absolute Gasteiger partial charge is 0.0622 e. The lowest BCUT2D eigenvalue weighted by Crippen LogP contribution is -2.28. The van der Waals surface area contributed by atoms with Crippen LogP contribution in [0.15, 0.2) is 218 Å². The minimum atomic E-state index is -0.557. The highest BCUT2D eigenvalue weighted by atomic mass is 14.5. The summed E-state index contributed by atoms with van der Waals surface area (Å²) in [6.07, 6.45) is 0. The van der Waals surface area contributed by atoms with Gasteiger partial charge in [-0.2, -0.15) is 0 Å². The maximum atomic E-state index is 2.52. The van der Waals surface area contributed by atoms with Gasteiger partial charge in [0.2, 0.25) is 0 Å². The molecule has 0 heterocycles. The maximum absolute atomic E-state index is 2.52. The monoisotopic (exact) mass is 696 g/mol. The summed E-state index contributed by atoms with van der Waals surface area (Å²) in [5.74, 6) is 0. The molecule has 0 heteroatoms. The molecule has 0 fully saturated rings. The molecule has 11 rings (SSSR count). The quantitative estimate of drug-likeness (QED) is 0.168. The summed E-state index contributed by atoms with van der Waals surface area (Å²) in [4.78, 5) is 0. The van der Waals surface area contributed by atoms with Crippen molar-refractivity contribution in [3.05, 3.63) is 241 Å². The van der Waals surface area contributed by atoms with Gasteiger partial charge in [-0.1, -0.05) is 200 Å². The molecule has 0 aromatic heterocycles. The summed E-state index contributed by atoms with van der Waals surface area (Å²) in [6, 6.07) is 81.0. The van der Waals surface area contributed by atoms with Gasteiger partial charge in [-0.25, -0.2) is 0 Å². The fourth-order valence-electron chi connectivity index (χ4n) is 9.53. The first kappa shape index (κ1) is 31.5. The van der Waals surface area contributed by atoms with Gasteiger partial charge in [0.1, 0.15) is 0 Å². The molecule has 0 atom stereocenters. The second kappa shape index (κ2) is 12.5. The lowest BCUT2D eigenvalue weighted by Gasteiger charge is -2.34. The Morgan fingerprint density at radius 1 is 0.255 bits per heavy atom. The summed E-state index contributed by atoms with van der Waals surface area (Å²) >= 11 is 0. The third kappa shape index (κ3) is 4.78. The van der Waals surface area contributed by atoms with Crippen LogP contribution in [0.1, 0.15) is 22.3 Å². The van der Waals surface area contributed by atoms with Crippen molar-refractivity contribution < 1.29 is 0 Å². The van der Waals surface area contributed by atoms with Gasteiger partial charge in [0.05, 0.1) is 5.41 Å². The summed E-state index contributed by atoms with van der Waals surface area (Å²) in [6.45, 7) is 0. The predicted octanol–water partition coefficient (Wildman–Crippen LogP) is 14.5. The molecule has 10 aromatic carbocycles. The van der Waals surface area contributed by atoms with Crippen LogP contribution in [-0.2, 0) is 5.41 Å². The molecule has 0 saturated carbocycles. The third-order valence-electron chi connectivity index (χ3n) is 11.9. The number of fused-ring (bicyclic) bond motifs is 7. The van der Waals surface area contributed by atoms with E-state index in [9.17, 15) is 0 Å². The van der Waals surface area contributed by atoms with Crippen molar-refractivity contribution >= 4 is 32.3 Å². The zero-order chi connectivity index (χ0) is 36.3. The van der Waals surface area contributed by atoms with Crippen molar-refractivity contribution in [1.29, 1.82) is 0 Å². The molecule has 0 bridgehead atoms. The Hall–Kier alpha value is -7.02. The highest BCUT2D eigenvalue weighted by Gasteiger charge is 2.47. The number of hydrogen-bond acceptors (Lipinski definition) is 0. The Morgan fingerprint density at radius 2 is 0.727 bits per heavy atom. The Bertz CT molecular complexity index is 3030. The van der Waals surface area contributed by atoms with E-state index in [1.54, 1.807) is 0 Å². The Balaban J connectivity index is 1.24. The van der Waals surface area contributed by atoms with Gasteiger partial charge in [-0.3, -0.25) is 0 Å². The van der Waals surface area contributed by atoms with E-state index in [1.807, 2.05) is 0 Å². The molecule has 0 nitrogen and oxygen atoms in total. The van der Waals surface area contributed by atoms with Crippen molar-refractivity contribution in [3.63, 3.8) is 0 Å². The lowest BCUT2D eigenvalue weighted by atomic mass is 9.67. The Kier molecular flexibility index (Phi) is 7.19. The van der Waals surface area contributed by atoms with Crippen molar-refractivity contribution in [2.24, 2.45) is 0 Å². The van der Waals surface area contributed by atoms with E-state index in [0.717, 1.165) is 0 Å². The molecule has 1 aliphatic rings. The van der Waals surface area contributed by atoms with Gasteiger partial charge in [-0.05, 0) is 117 Å². The fourth-order valence-corrected chi connectivity index (χ4v) is 9.53. The topological polar surface area (TPSA) is 0 Å². The van der Waals surface area contributed by atoms with Crippen LogP contribution in [0.25, 0.3) is 76.8 Å². The molecular formula is C55H36. The molecule has 0 radical (unpaired) electrons. The second-order valence-corrected chi connectivity index (χ2v) is 14.8. The summed E-state index contributed by atoms with van der Waals surface area (Å²) in [7, 11) is 0. The van der Waals surface area contributed by atoms with E-state index in [4.69, 9.17) is 0 Å². The Morgan fingerprint density at radius 3 is 1.38 bits per heavy atom. The molecule has 0 saturated heterocycles. The van der Waals surface area contributed by atoms with Crippen LogP contribution in [0.3, 0.4) is 0 Å². The van der Waals surface area contributed by atoms with E-state index in [-0.39, 0.29) is 0 Å². The summed E-state index contributed by atoms with van der Waals surface area (Å²) in [5.41, 5.74) is 14.7. The fraction of sp³-hybridized carbons (Fsp3) is 0.0182. The molecule has 0 aliphatic heterocycles. The molecule has 10 aromatic rings. The molecule has 0 spiro atoms. The zero-order valence-corrected chi connectivity index (χ0v) is 30.3. The second-order valence-electron chi connectivity index (χ2n) is 14.8. The average molecular weight is 697 g/mol. The minimum absolute atomic E-state index is 0.557. The summed E-state index contributed by atoms with van der Waals surface area (Å²) < 4.78 is 0. The van der Waals surface area contributed by atoms with E-state index in [1.165, 1.54) is 99.1 Å². The molecule has 0 amide bonds. The van der Waals surface area contributed by atoms with Crippen molar-refractivity contribution in [2.45, 2.75) is 5.41 Å². The minimum Gasteiger partial charge on any atom is -0.0622 e. The van der Waals surface area contributed by atoms with Crippen LogP contribution >= 0.6 is 0 Å². The normalized spacial score (nSPS) is 12.9. The van der Waals surface area contributed by atoms with Gasteiger partial charge < -0.3 is 0 Å². The van der Waals surface area contributed by atoms with E-state index >= 15 is 0 Å². The van der Waals surface area contributed by atoms with Crippen LogP contribution in [-0.4, -0.2) is 0 Å². The molecule has 256 valence electrons. The number of benzene rings is 10. The third-order valence-corrected chi connectivity index (χ3v) is 11.9. The van der Waals surface area contributed by atoms with Crippen molar-refractivity contribution in [3.8, 4) is 44.5 Å². The molecule has 0 unspecified atom stereocenters. The van der Waals surface area contributed by atoms with Crippen molar-refractivity contribution in [2.75, 3.05) is 0 Å². The van der Waals surface area contributed by atoms with Gasteiger partial charge in [0.25, 0.3) is 0 Å². The van der Waals surface area contributed by atoms with Crippen LogP contribution < -0.4 is 0 Å².